The Hall–Kier alpha value is -8.46. The third-order valence-electron chi connectivity index (χ3n) is 13.7. The lowest BCUT2D eigenvalue weighted by atomic mass is 9.87. The lowest BCUT2D eigenvalue weighted by Crippen LogP contribution is -2.10. The van der Waals surface area contributed by atoms with Gasteiger partial charge in [0.2, 0.25) is 0 Å². The summed E-state index contributed by atoms with van der Waals surface area (Å²) >= 11 is 0. The maximum atomic E-state index is 6.18. The zero-order valence-corrected chi connectivity index (χ0v) is 34.7. The third-order valence-corrected chi connectivity index (χ3v) is 13.7. The monoisotopic (exact) mass is 811 g/mol. The number of rotatable bonds is 5. The first-order chi connectivity index (χ1) is 31.7. The van der Waals surface area contributed by atoms with Gasteiger partial charge in [-0.3, -0.25) is 0 Å². The molecule has 1 aromatic heterocycles. The molecule has 1 heterocycles. The summed E-state index contributed by atoms with van der Waals surface area (Å²) in [4.78, 5) is 2.43. The molecule has 13 aromatic carbocycles. The minimum absolute atomic E-state index is 0.905. The van der Waals surface area contributed by atoms with Crippen LogP contribution in [0.15, 0.2) is 229 Å². The molecular formula is C62H37NO. The summed E-state index contributed by atoms with van der Waals surface area (Å²) in [6, 6.07) is 82.7. The van der Waals surface area contributed by atoms with Gasteiger partial charge in [-0.2, -0.15) is 0 Å². The van der Waals surface area contributed by atoms with Gasteiger partial charge in [-0.1, -0.05) is 164 Å². The van der Waals surface area contributed by atoms with Gasteiger partial charge < -0.3 is 9.32 Å². The van der Waals surface area contributed by atoms with Crippen LogP contribution in [0.1, 0.15) is 0 Å². The van der Waals surface area contributed by atoms with E-state index in [0.29, 0.717) is 0 Å². The highest BCUT2D eigenvalue weighted by atomic mass is 16.3. The van der Waals surface area contributed by atoms with E-state index in [1.807, 2.05) is 12.1 Å². The van der Waals surface area contributed by atoms with Gasteiger partial charge in [0.25, 0.3) is 0 Å². The van der Waals surface area contributed by atoms with Crippen molar-refractivity contribution >= 4 is 114 Å². The van der Waals surface area contributed by atoms with Gasteiger partial charge in [0.05, 0.1) is 0 Å². The van der Waals surface area contributed by atoms with E-state index >= 15 is 0 Å². The average Bonchev–Trinajstić information content (AvgIpc) is 3.73. The van der Waals surface area contributed by atoms with Crippen molar-refractivity contribution in [3.63, 3.8) is 0 Å². The van der Waals surface area contributed by atoms with Crippen LogP contribution in [0, 0.1) is 0 Å². The molecule has 0 atom stereocenters. The van der Waals surface area contributed by atoms with Crippen molar-refractivity contribution < 1.29 is 4.42 Å². The molecular weight excluding hydrogens is 775 g/mol. The van der Waals surface area contributed by atoms with Crippen molar-refractivity contribution in [2.45, 2.75) is 0 Å². The molecule has 0 N–H and O–H groups in total. The Balaban J connectivity index is 1.01. The number of benzene rings is 12. The minimum atomic E-state index is 0.905. The van der Waals surface area contributed by atoms with E-state index in [4.69, 9.17) is 4.42 Å². The van der Waals surface area contributed by atoms with Crippen LogP contribution in [0.5, 0.6) is 0 Å². The molecule has 0 bridgehead atoms. The number of furan rings is 1. The topological polar surface area (TPSA) is 16.4 Å². The maximum absolute atomic E-state index is 6.18. The van der Waals surface area contributed by atoms with E-state index in [1.54, 1.807) is 0 Å². The SMILES string of the molecule is c1ccc2cc(-c3ccc(N(c4ccc(-c5ccc6oc7ccccc7c6c5)cc4)c4cc5ccc6cccc7c8cccc9ccc%10cccc(c(c4)c5c67)c%10c98)cc3)ccc2c1. The molecule has 14 rings (SSSR count). The molecule has 296 valence electrons. The van der Waals surface area contributed by atoms with Crippen LogP contribution < -0.4 is 4.90 Å². The lowest BCUT2D eigenvalue weighted by Gasteiger charge is -2.27. The molecule has 0 saturated carbocycles. The molecule has 0 spiro atoms. The summed E-state index contributed by atoms with van der Waals surface area (Å²) in [5, 5.41) is 20.0. The molecule has 0 aliphatic rings. The number of hydrogen-bond acceptors (Lipinski definition) is 2. The molecule has 64 heavy (non-hydrogen) atoms. The third kappa shape index (κ3) is 5.27. The van der Waals surface area contributed by atoms with E-state index in [1.165, 1.54) is 86.5 Å². The van der Waals surface area contributed by atoms with Crippen LogP contribution in [0.25, 0.3) is 120 Å². The molecule has 0 aliphatic heterocycles. The molecule has 0 aliphatic carbocycles. The Labute approximate surface area is 368 Å². The first-order valence-electron chi connectivity index (χ1n) is 22.1. The lowest BCUT2D eigenvalue weighted by molar-refractivity contribution is 0.669. The van der Waals surface area contributed by atoms with Crippen LogP contribution in [0.3, 0.4) is 0 Å². The van der Waals surface area contributed by atoms with Crippen molar-refractivity contribution in [2.75, 3.05) is 4.90 Å². The van der Waals surface area contributed by atoms with E-state index in [0.717, 1.165) is 50.1 Å². The Kier molecular flexibility index (Phi) is 7.43. The van der Waals surface area contributed by atoms with Gasteiger partial charge in [-0.15, -0.1) is 0 Å². The quantitative estimate of drug-likeness (QED) is 0.161. The number of nitrogens with zero attached hydrogens (tertiary/aromatic N) is 1. The van der Waals surface area contributed by atoms with Crippen molar-refractivity contribution in [1.82, 2.24) is 0 Å². The van der Waals surface area contributed by atoms with Crippen LogP contribution in [-0.2, 0) is 0 Å². The second-order valence-corrected chi connectivity index (χ2v) is 17.2. The van der Waals surface area contributed by atoms with Gasteiger partial charge in [-0.05, 0) is 158 Å². The molecule has 0 saturated heterocycles. The van der Waals surface area contributed by atoms with E-state index in [-0.39, 0.29) is 0 Å². The normalized spacial score (nSPS) is 12.1. The minimum Gasteiger partial charge on any atom is -0.456 e. The van der Waals surface area contributed by atoms with Crippen molar-refractivity contribution in [2.24, 2.45) is 0 Å². The van der Waals surface area contributed by atoms with Crippen LogP contribution in [0.2, 0.25) is 0 Å². The molecule has 14 aromatic rings. The zero-order chi connectivity index (χ0) is 41.9. The van der Waals surface area contributed by atoms with Crippen LogP contribution in [-0.4, -0.2) is 0 Å². The Morgan fingerprint density at radius 3 is 1.34 bits per heavy atom. The first kappa shape index (κ1) is 35.2. The molecule has 0 fully saturated rings. The first-order valence-corrected chi connectivity index (χ1v) is 22.1. The van der Waals surface area contributed by atoms with Gasteiger partial charge in [0.1, 0.15) is 11.2 Å². The van der Waals surface area contributed by atoms with Crippen molar-refractivity contribution in [3.8, 4) is 22.3 Å². The molecule has 0 radical (unpaired) electrons. The standard InChI is InChI=1S/C62H37NO/c1-2-9-44-34-45(22-18-38(44)8-1)39-24-29-48(30-25-39)63(49-31-26-40(27-32-49)46-28-33-58-55(36-46)51-13-3-4-17-57(51)64-58)50-35-47-23-21-43-11-6-15-53-52-14-5-10-41-19-20-42-12-7-16-54(61(42)59(41)52)56(37-50)62(47)60(43)53/h1-37H. The number of hydrogen-bond donors (Lipinski definition) is 0. The summed E-state index contributed by atoms with van der Waals surface area (Å²) in [5.41, 5.74) is 9.80. The van der Waals surface area contributed by atoms with Gasteiger partial charge in [-0.25, -0.2) is 0 Å². The molecule has 0 amide bonds. The van der Waals surface area contributed by atoms with E-state index in [9.17, 15) is 0 Å². The van der Waals surface area contributed by atoms with Crippen LogP contribution in [0.4, 0.5) is 17.1 Å². The van der Waals surface area contributed by atoms with Gasteiger partial charge in [0, 0.05) is 27.8 Å². The van der Waals surface area contributed by atoms with E-state index in [2.05, 4.69) is 217 Å². The summed E-state index contributed by atoms with van der Waals surface area (Å²) in [7, 11) is 0. The smallest absolute Gasteiger partial charge is 0.135 e. The Bertz CT molecular complexity index is 4170. The highest BCUT2D eigenvalue weighted by Crippen LogP contribution is 2.47. The molecule has 2 nitrogen and oxygen atoms in total. The average molecular weight is 812 g/mol. The number of para-hydroxylation sites is 1. The second kappa shape index (κ2) is 13.5. The number of fused-ring (bicyclic) bond motifs is 6. The fraction of sp³-hybridized carbons (Fsp3) is 0. The summed E-state index contributed by atoms with van der Waals surface area (Å²) in [6.45, 7) is 0. The second-order valence-electron chi connectivity index (χ2n) is 17.2. The summed E-state index contributed by atoms with van der Waals surface area (Å²) in [5.74, 6) is 0. The summed E-state index contributed by atoms with van der Waals surface area (Å²) in [6.07, 6.45) is 0. The highest BCUT2D eigenvalue weighted by Gasteiger charge is 2.20. The predicted octanol–water partition coefficient (Wildman–Crippen LogP) is 17.9. The zero-order valence-electron chi connectivity index (χ0n) is 34.7. The highest BCUT2D eigenvalue weighted by molar-refractivity contribution is 6.37. The number of anilines is 3. The molecule has 0 unspecified atom stereocenters. The van der Waals surface area contributed by atoms with Crippen molar-refractivity contribution in [1.29, 1.82) is 0 Å². The van der Waals surface area contributed by atoms with Crippen LogP contribution >= 0.6 is 0 Å². The Morgan fingerprint density at radius 1 is 0.234 bits per heavy atom. The fourth-order valence-corrected chi connectivity index (χ4v) is 10.7. The van der Waals surface area contributed by atoms with E-state index < -0.39 is 0 Å². The van der Waals surface area contributed by atoms with Gasteiger partial charge >= 0.3 is 0 Å². The van der Waals surface area contributed by atoms with Crippen molar-refractivity contribution in [3.05, 3.63) is 224 Å². The van der Waals surface area contributed by atoms with Gasteiger partial charge in [0.15, 0.2) is 0 Å². The summed E-state index contributed by atoms with van der Waals surface area (Å²) < 4.78 is 6.18. The maximum Gasteiger partial charge on any atom is 0.135 e. The largest absolute Gasteiger partial charge is 0.456 e. The predicted molar refractivity (Wildman–Crippen MR) is 273 cm³/mol. The fourth-order valence-electron chi connectivity index (χ4n) is 10.7. The Morgan fingerprint density at radius 2 is 0.688 bits per heavy atom. The molecule has 2 heteroatoms.